The molecule has 0 spiro atoms. The molecule has 0 aliphatic carbocycles. The Morgan fingerprint density at radius 3 is 2.56 bits per heavy atom. The molecule has 136 valence electrons. The van der Waals surface area contributed by atoms with Crippen molar-refractivity contribution >= 4 is 34.2 Å². The molecule has 3 rings (SSSR count). The monoisotopic (exact) mass is 397 g/mol. The quantitative estimate of drug-likeness (QED) is 0.559. The second kappa shape index (κ2) is 8.58. The van der Waals surface area contributed by atoms with Gasteiger partial charge in [-0.1, -0.05) is 23.7 Å². The van der Waals surface area contributed by atoms with Gasteiger partial charge in [-0.15, -0.1) is 11.3 Å². The summed E-state index contributed by atoms with van der Waals surface area (Å²) in [5.74, 6) is 1.24. The van der Waals surface area contributed by atoms with Gasteiger partial charge in [0.1, 0.15) is 16.6 Å². The van der Waals surface area contributed by atoms with Crippen LogP contribution in [0.25, 0.3) is 16.8 Å². The minimum atomic E-state index is 0.440. The number of hydrogen-bond donors (Lipinski definition) is 1. The lowest BCUT2D eigenvalue weighted by Gasteiger charge is -2.09. The minimum absolute atomic E-state index is 0.440. The molecule has 0 unspecified atom stereocenters. The molecule has 5 nitrogen and oxygen atoms in total. The summed E-state index contributed by atoms with van der Waals surface area (Å²) >= 11 is 7.33. The molecule has 0 aliphatic heterocycles. The number of allylic oxidation sites excluding steroid dienone is 1. The number of ether oxygens (including phenoxy) is 2. The summed E-state index contributed by atoms with van der Waals surface area (Å²) in [6.07, 6.45) is 1.63. The molecule has 0 saturated heterocycles. The Bertz CT molecular complexity index is 1010. The topological polar surface area (TPSA) is 67.2 Å². The van der Waals surface area contributed by atoms with Crippen LogP contribution in [0.2, 0.25) is 5.02 Å². The van der Waals surface area contributed by atoms with E-state index in [0.29, 0.717) is 27.1 Å². The average Bonchev–Trinajstić information content (AvgIpc) is 3.18. The molecule has 0 radical (unpaired) electrons. The Balaban J connectivity index is 1.81. The summed E-state index contributed by atoms with van der Waals surface area (Å²) in [6, 6.07) is 15.0. The third kappa shape index (κ3) is 4.40. The van der Waals surface area contributed by atoms with Gasteiger partial charge in [0, 0.05) is 33.9 Å². The lowest BCUT2D eigenvalue weighted by atomic mass is 10.2. The van der Waals surface area contributed by atoms with E-state index in [1.54, 1.807) is 32.6 Å². The van der Waals surface area contributed by atoms with Crippen LogP contribution in [0.15, 0.2) is 54.0 Å². The molecular formula is C20H16ClN3O2S. The Hall–Kier alpha value is -3.01. The Labute approximate surface area is 166 Å². The van der Waals surface area contributed by atoms with Crippen molar-refractivity contribution in [3.05, 3.63) is 64.1 Å². The van der Waals surface area contributed by atoms with Crippen LogP contribution in [-0.2, 0) is 0 Å². The fraction of sp³-hybridized carbons (Fsp3) is 0.100. The van der Waals surface area contributed by atoms with E-state index in [0.717, 1.165) is 16.9 Å². The fourth-order valence-electron chi connectivity index (χ4n) is 2.37. The normalized spacial score (nSPS) is 11.0. The van der Waals surface area contributed by atoms with Gasteiger partial charge in [-0.25, -0.2) is 4.98 Å². The Morgan fingerprint density at radius 1 is 1.15 bits per heavy atom. The molecule has 1 N–H and O–H groups in total. The van der Waals surface area contributed by atoms with Crippen molar-refractivity contribution in [1.82, 2.24) is 4.98 Å². The molecule has 1 heterocycles. The summed E-state index contributed by atoms with van der Waals surface area (Å²) in [5, 5.41) is 15.8. The molecule has 0 saturated carbocycles. The van der Waals surface area contributed by atoms with E-state index in [9.17, 15) is 5.26 Å². The number of methoxy groups -OCH3 is 2. The van der Waals surface area contributed by atoms with Gasteiger partial charge in [0.25, 0.3) is 0 Å². The predicted octanol–water partition coefficient (Wildman–Crippen LogP) is 5.46. The van der Waals surface area contributed by atoms with Gasteiger partial charge in [0.05, 0.1) is 19.9 Å². The highest BCUT2D eigenvalue weighted by atomic mass is 35.5. The molecule has 2 aromatic carbocycles. The van der Waals surface area contributed by atoms with Gasteiger partial charge in [-0.05, 0) is 24.3 Å². The molecule has 0 atom stereocenters. The number of benzene rings is 2. The van der Waals surface area contributed by atoms with Crippen LogP contribution in [0.3, 0.4) is 0 Å². The maximum absolute atomic E-state index is 9.50. The summed E-state index contributed by atoms with van der Waals surface area (Å²) in [5.41, 5.74) is 2.97. The van der Waals surface area contributed by atoms with Gasteiger partial charge in [-0.3, -0.25) is 0 Å². The standard InChI is InChI=1S/C20H16ClN3O2S/c1-25-18-8-7-16(9-19(18)26-2)23-11-14(10-22)20-24-17(12-27-20)13-3-5-15(21)6-4-13/h3-9,11-12,23H,1-2H3/b14-11-. The number of nitriles is 1. The van der Waals surface area contributed by atoms with E-state index < -0.39 is 0 Å². The van der Waals surface area contributed by atoms with Crippen LogP contribution in [-0.4, -0.2) is 19.2 Å². The fourth-order valence-corrected chi connectivity index (χ4v) is 3.29. The minimum Gasteiger partial charge on any atom is -0.493 e. The molecule has 3 aromatic rings. The van der Waals surface area contributed by atoms with E-state index in [1.165, 1.54) is 11.3 Å². The van der Waals surface area contributed by atoms with E-state index in [2.05, 4.69) is 16.4 Å². The Morgan fingerprint density at radius 2 is 1.89 bits per heavy atom. The molecule has 7 heteroatoms. The van der Waals surface area contributed by atoms with Crippen molar-refractivity contribution < 1.29 is 9.47 Å². The number of nitrogens with zero attached hydrogens (tertiary/aromatic N) is 2. The maximum atomic E-state index is 9.50. The van der Waals surface area contributed by atoms with E-state index >= 15 is 0 Å². The molecule has 0 aliphatic rings. The smallest absolute Gasteiger partial charge is 0.162 e. The highest BCUT2D eigenvalue weighted by molar-refractivity contribution is 7.11. The van der Waals surface area contributed by atoms with Gasteiger partial charge in [0.15, 0.2) is 11.5 Å². The second-order valence-electron chi connectivity index (χ2n) is 5.43. The van der Waals surface area contributed by atoms with Crippen LogP contribution in [0.5, 0.6) is 11.5 Å². The van der Waals surface area contributed by atoms with Crippen molar-refractivity contribution in [1.29, 1.82) is 5.26 Å². The lowest BCUT2D eigenvalue weighted by Crippen LogP contribution is -1.94. The molecule has 0 bridgehead atoms. The van der Waals surface area contributed by atoms with Gasteiger partial charge in [0.2, 0.25) is 0 Å². The highest BCUT2D eigenvalue weighted by Gasteiger charge is 2.10. The number of halogens is 1. The van der Waals surface area contributed by atoms with Crippen molar-refractivity contribution in [3.8, 4) is 28.8 Å². The number of anilines is 1. The van der Waals surface area contributed by atoms with Crippen molar-refractivity contribution in [2.24, 2.45) is 0 Å². The van der Waals surface area contributed by atoms with Crippen molar-refractivity contribution in [2.45, 2.75) is 0 Å². The average molecular weight is 398 g/mol. The second-order valence-corrected chi connectivity index (χ2v) is 6.72. The van der Waals surface area contributed by atoms with Gasteiger partial charge >= 0.3 is 0 Å². The van der Waals surface area contributed by atoms with Crippen LogP contribution in [0.1, 0.15) is 5.01 Å². The number of rotatable bonds is 6. The van der Waals surface area contributed by atoms with Crippen molar-refractivity contribution in [2.75, 3.05) is 19.5 Å². The van der Waals surface area contributed by atoms with E-state index in [4.69, 9.17) is 21.1 Å². The summed E-state index contributed by atoms with van der Waals surface area (Å²) in [6.45, 7) is 0. The maximum Gasteiger partial charge on any atom is 0.162 e. The van der Waals surface area contributed by atoms with Crippen LogP contribution in [0.4, 0.5) is 5.69 Å². The first-order chi connectivity index (χ1) is 13.1. The number of aromatic nitrogens is 1. The molecule has 1 aromatic heterocycles. The van der Waals surface area contributed by atoms with Crippen LogP contribution >= 0.6 is 22.9 Å². The zero-order valence-corrected chi connectivity index (χ0v) is 16.3. The SMILES string of the molecule is COc1ccc(N/C=C(/C#N)c2nc(-c3ccc(Cl)cc3)cs2)cc1OC. The highest BCUT2D eigenvalue weighted by Crippen LogP contribution is 2.30. The molecule has 27 heavy (non-hydrogen) atoms. The van der Waals surface area contributed by atoms with Gasteiger partial charge in [-0.2, -0.15) is 5.26 Å². The zero-order valence-electron chi connectivity index (χ0n) is 14.7. The Kier molecular flexibility index (Phi) is 5.97. The largest absolute Gasteiger partial charge is 0.493 e. The summed E-state index contributed by atoms with van der Waals surface area (Å²) < 4.78 is 10.5. The summed E-state index contributed by atoms with van der Waals surface area (Å²) in [7, 11) is 3.16. The first kappa shape index (κ1) is 18.8. The number of nitrogens with one attached hydrogen (secondary N) is 1. The predicted molar refractivity (Wildman–Crippen MR) is 109 cm³/mol. The third-order valence-electron chi connectivity index (χ3n) is 3.76. The molecule has 0 amide bonds. The number of thiazole rings is 1. The van der Waals surface area contributed by atoms with E-state index in [-0.39, 0.29) is 0 Å². The van der Waals surface area contributed by atoms with Crippen molar-refractivity contribution in [3.63, 3.8) is 0 Å². The van der Waals surface area contributed by atoms with Crippen LogP contribution in [0, 0.1) is 11.3 Å². The van der Waals surface area contributed by atoms with Crippen LogP contribution < -0.4 is 14.8 Å². The molecular weight excluding hydrogens is 382 g/mol. The lowest BCUT2D eigenvalue weighted by molar-refractivity contribution is 0.355. The van der Waals surface area contributed by atoms with Gasteiger partial charge < -0.3 is 14.8 Å². The zero-order chi connectivity index (χ0) is 19.2. The number of hydrogen-bond acceptors (Lipinski definition) is 6. The first-order valence-corrected chi connectivity index (χ1v) is 9.21. The summed E-state index contributed by atoms with van der Waals surface area (Å²) in [4.78, 5) is 4.55. The van der Waals surface area contributed by atoms with E-state index in [1.807, 2.05) is 35.7 Å². The molecule has 0 fully saturated rings. The third-order valence-corrected chi connectivity index (χ3v) is 4.89. The first-order valence-electron chi connectivity index (χ1n) is 7.95.